The Hall–Kier alpha value is -8.66. The van der Waals surface area contributed by atoms with Crippen LogP contribution in [0.15, 0.2) is 247 Å². The predicted molar refractivity (Wildman–Crippen MR) is 274 cm³/mol. The summed E-state index contributed by atoms with van der Waals surface area (Å²) in [5.41, 5.74) is 17.6. The quantitative estimate of drug-likeness (QED) is 0.166. The van der Waals surface area contributed by atoms with Crippen LogP contribution in [0, 0.1) is 0 Å². The lowest BCUT2D eigenvalue weighted by atomic mass is 9.70. The van der Waals surface area contributed by atoms with Gasteiger partial charge in [0.15, 0.2) is 0 Å². The van der Waals surface area contributed by atoms with Crippen molar-refractivity contribution in [1.82, 2.24) is 0 Å². The fourth-order valence-electron chi connectivity index (χ4n) is 11.4. The molecule has 0 unspecified atom stereocenters. The fourth-order valence-corrected chi connectivity index (χ4v) is 11.4. The van der Waals surface area contributed by atoms with E-state index in [0.717, 1.165) is 61.6 Å². The SMILES string of the molecule is c1ccc(N(c2ccc3c(c2)C2(c4cc(N(c5ccccc5)c5ccc6ccccc6c5)ccc4-3)c3ccccc3-c3c2ccc2c3oc3ccccc32)c2ccc3ccccc3c2)cc1. The number of anilines is 6. The number of fused-ring (bicyclic) bond motifs is 16. The second-order valence-corrected chi connectivity index (χ2v) is 17.6. The first-order valence-corrected chi connectivity index (χ1v) is 22.7. The van der Waals surface area contributed by atoms with Crippen LogP contribution in [0.3, 0.4) is 0 Å². The molecule has 2 aliphatic rings. The maximum absolute atomic E-state index is 6.94. The molecule has 0 saturated heterocycles. The van der Waals surface area contributed by atoms with Gasteiger partial charge in [-0.2, -0.15) is 0 Å². The van der Waals surface area contributed by atoms with E-state index in [2.05, 4.69) is 252 Å². The van der Waals surface area contributed by atoms with Gasteiger partial charge in [0.1, 0.15) is 11.2 Å². The smallest absolute Gasteiger partial charge is 0.143 e. The van der Waals surface area contributed by atoms with E-state index in [1.54, 1.807) is 0 Å². The summed E-state index contributed by atoms with van der Waals surface area (Å²) in [6, 6.07) is 88.9. The number of hydrogen-bond donors (Lipinski definition) is 0. The number of benzene rings is 11. The Morgan fingerprint density at radius 1 is 0.288 bits per heavy atom. The molecule has 0 bridgehead atoms. The lowest BCUT2D eigenvalue weighted by molar-refractivity contribution is 0.669. The van der Waals surface area contributed by atoms with Gasteiger partial charge < -0.3 is 14.2 Å². The van der Waals surface area contributed by atoms with Gasteiger partial charge in [0, 0.05) is 50.5 Å². The van der Waals surface area contributed by atoms with E-state index in [0.29, 0.717) is 0 Å². The Bertz CT molecular complexity index is 3730. The van der Waals surface area contributed by atoms with Crippen LogP contribution < -0.4 is 9.80 Å². The maximum atomic E-state index is 6.94. The highest BCUT2D eigenvalue weighted by atomic mass is 16.3. The van der Waals surface area contributed by atoms with Crippen LogP contribution in [0.25, 0.3) is 65.7 Å². The van der Waals surface area contributed by atoms with Crippen LogP contribution in [-0.2, 0) is 5.41 Å². The van der Waals surface area contributed by atoms with Crippen molar-refractivity contribution < 1.29 is 4.42 Å². The van der Waals surface area contributed by atoms with E-state index in [1.807, 2.05) is 0 Å². The molecular weight excluding hydrogens is 801 g/mol. The van der Waals surface area contributed by atoms with Gasteiger partial charge >= 0.3 is 0 Å². The molecule has 0 N–H and O–H groups in total. The van der Waals surface area contributed by atoms with E-state index in [1.165, 1.54) is 60.5 Å². The van der Waals surface area contributed by atoms with E-state index in [4.69, 9.17) is 4.42 Å². The minimum atomic E-state index is -0.673. The molecule has 1 aromatic heterocycles. The largest absolute Gasteiger partial charge is 0.455 e. The van der Waals surface area contributed by atoms with Crippen molar-refractivity contribution >= 4 is 77.6 Å². The summed E-state index contributed by atoms with van der Waals surface area (Å²) in [6.45, 7) is 0. The van der Waals surface area contributed by atoms with Crippen molar-refractivity contribution in [3.8, 4) is 22.3 Å². The highest BCUT2D eigenvalue weighted by Crippen LogP contribution is 2.65. The lowest BCUT2D eigenvalue weighted by Crippen LogP contribution is -2.26. The third-order valence-electron chi connectivity index (χ3n) is 14.2. The van der Waals surface area contributed by atoms with Gasteiger partial charge in [-0.05, 0) is 139 Å². The van der Waals surface area contributed by atoms with Crippen molar-refractivity contribution in [3.05, 3.63) is 265 Å². The topological polar surface area (TPSA) is 19.6 Å². The molecule has 0 amide bonds. The second-order valence-electron chi connectivity index (χ2n) is 17.6. The Labute approximate surface area is 382 Å². The van der Waals surface area contributed by atoms with Crippen LogP contribution in [-0.4, -0.2) is 0 Å². The zero-order valence-corrected chi connectivity index (χ0v) is 35.9. The maximum Gasteiger partial charge on any atom is 0.143 e. The Kier molecular flexibility index (Phi) is 7.90. The number of hydrogen-bond acceptors (Lipinski definition) is 3. The molecule has 12 aromatic rings. The predicted octanol–water partition coefficient (Wildman–Crippen LogP) is 17.2. The average molecular weight is 841 g/mol. The number of rotatable bonds is 6. The summed E-state index contributed by atoms with van der Waals surface area (Å²) in [7, 11) is 0. The highest BCUT2D eigenvalue weighted by molar-refractivity contribution is 6.13. The minimum Gasteiger partial charge on any atom is -0.455 e. The fraction of sp³-hybridized carbons (Fsp3) is 0.0159. The molecule has 2 aliphatic carbocycles. The highest BCUT2D eigenvalue weighted by Gasteiger charge is 2.53. The van der Waals surface area contributed by atoms with Crippen LogP contribution >= 0.6 is 0 Å². The van der Waals surface area contributed by atoms with Gasteiger partial charge in [-0.25, -0.2) is 0 Å². The van der Waals surface area contributed by atoms with Gasteiger partial charge in [0.2, 0.25) is 0 Å². The summed E-state index contributed by atoms with van der Waals surface area (Å²) >= 11 is 0. The number of para-hydroxylation sites is 3. The molecule has 14 rings (SSSR count). The van der Waals surface area contributed by atoms with Crippen LogP contribution in [0.2, 0.25) is 0 Å². The van der Waals surface area contributed by atoms with E-state index in [9.17, 15) is 0 Å². The molecule has 0 saturated carbocycles. The first kappa shape index (κ1) is 36.8. The Morgan fingerprint density at radius 2 is 0.773 bits per heavy atom. The molecule has 0 radical (unpaired) electrons. The van der Waals surface area contributed by atoms with Crippen molar-refractivity contribution in [2.24, 2.45) is 0 Å². The van der Waals surface area contributed by atoms with Gasteiger partial charge in [-0.15, -0.1) is 0 Å². The Morgan fingerprint density at radius 3 is 1.38 bits per heavy atom. The second kappa shape index (κ2) is 14.2. The molecule has 308 valence electrons. The van der Waals surface area contributed by atoms with Gasteiger partial charge in [-0.3, -0.25) is 0 Å². The summed E-state index contributed by atoms with van der Waals surface area (Å²) in [5, 5.41) is 7.12. The first-order valence-electron chi connectivity index (χ1n) is 22.7. The van der Waals surface area contributed by atoms with Crippen molar-refractivity contribution in [2.45, 2.75) is 5.41 Å². The summed E-state index contributed by atoms with van der Waals surface area (Å²) in [6.07, 6.45) is 0. The average Bonchev–Trinajstić information content (AvgIpc) is 4.01. The molecule has 3 nitrogen and oxygen atoms in total. The first-order chi connectivity index (χ1) is 32.7. The van der Waals surface area contributed by atoms with Crippen LogP contribution in [0.5, 0.6) is 0 Å². The molecular formula is C63H40N2O. The van der Waals surface area contributed by atoms with Crippen molar-refractivity contribution in [2.75, 3.05) is 9.80 Å². The van der Waals surface area contributed by atoms with E-state index in [-0.39, 0.29) is 0 Å². The standard InChI is InChI=1S/C63H40N2O/c1-3-19-45(20-4-1)64(47-29-27-41-15-7-9-17-43(41)37-47)49-31-33-51-52-34-32-50(65(46-21-5-2-6-22-46)48-30-28-42-16-8-10-18-44(42)38-48)40-59(52)63(58(51)39-49)56-25-13-11-24-55(56)61-57(63)36-35-54-53-23-12-14-26-60(53)66-62(54)61/h1-40H. The monoisotopic (exact) mass is 840 g/mol. The third kappa shape index (κ3) is 5.26. The molecule has 66 heavy (non-hydrogen) atoms. The lowest BCUT2D eigenvalue weighted by Gasteiger charge is -2.33. The van der Waals surface area contributed by atoms with E-state index < -0.39 is 5.41 Å². The normalized spacial score (nSPS) is 13.0. The van der Waals surface area contributed by atoms with Crippen LogP contribution in [0.1, 0.15) is 22.3 Å². The number of nitrogens with zero attached hydrogens (tertiary/aromatic N) is 2. The molecule has 11 aromatic carbocycles. The van der Waals surface area contributed by atoms with Gasteiger partial charge in [-0.1, -0.05) is 164 Å². The molecule has 0 aliphatic heterocycles. The summed E-state index contributed by atoms with van der Waals surface area (Å²) in [4.78, 5) is 4.83. The minimum absolute atomic E-state index is 0.673. The molecule has 3 heteroatoms. The van der Waals surface area contributed by atoms with Crippen LogP contribution in [0.4, 0.5) is 34.1 Å². The van der Waals surface area contributed by atoms with E-state index >= 15 is 0 Å². The zero-order valence-electron chi connectivity index (χ0n) is 35.9. The van der Waals surface area contributed by atoms with Gasteiger partial charge in [0.05, 0.1) is 5.41 Å². The Balaban J connectivity index is 1.06. The molecule has 1 spiro atoms. The summed E-state index contributed by atoms with van der Waals surface area (Å²) < 4.78 is 6.94. The third-order valence-corrected chi connectivity index (χ3v) is 14.2. The van der Waals surface area contributed by atoms with Crippen molar-refractivity contribution in [1.29, 1.82) is 0 Å². The van der Waals surface area contributed by atoms with Gasteiger partial charge in [0.25, 0.3) is 0 Å². The molecule has 0 fully saturated rings. The zero-order chi connectivity index (χ0) is 43.3. The number of furan rings is 1. The summed E-state index contributed by atoms with van der Waals surface area (Å²) in [5.74, 6) is 0. The molecule has 1 heterocycles. The van der Waals surface area contributed by atoms with Crippen molar-refractivity contribution in [3.63, 3.8) is 0 Å². The molecule has 0 atom stereocenters.